The number of ether oxygens (including phenoxy) is 1. The standard InChI is InChI=1S/C26H23ClN2O4S/c1-12(2)32-17-8-6-16(7-9-17)22-21-23(30)18-11-19(27)13(3)10-20(18)33-24(21)25(31)29(22)26-28-14(4)15(5)34-26/h6-12,22H,1-5H3. The maximum atomic E-state index is 13.7. The number of thiazole rings is 1. The number of anilines is 1. The molecular formula is C26H23ClN2O4S. The fourth-order valence-electron chi connectivity index (χ4n) is 4.17. The zero-order valence-corrected chi connectivity index (χ0v) is 21.0. The van der Waals surface area contributed by atoms with Crippen molar-refractivity contribution < 1.29 is 13.9 Å². The molecule has 8 heteroatoms. The maximum absolute atomic E-state index is 13.7. The molecule has 0 radical (unpaired) electrons. The molecule has 6 nitrogen and oxygen atoms in total. The number of hydrogen-bond acceptors (Lipinski definition) is 6. The van der Waals surface area contributed by atoms with Gasteiger partial charge < -0.3 is 9.15 Å². The van der Waals surface area contributed by atoms with Crippen LogP contribution >= 0.6 is 22.9 Å². The SMILES string of the molecule is Cc1cc2oc3c(c(=O)c2cc1Cl)C(c1ccc(OC(C)C)cc1)N(c1nc(C)c(C)s1)C3=O. The summed E-state index contributed by atoms with van der Waals surface area (Å²) >= 11 is 7.73. The number of nitrogens with zero attached hydrogens (tertiary/aromatic N) is 2. The van der Waals surface area contributed by atoms with Gasteiger partial charge >= 0.3 is 0 Å². The van der Waals surface area contributed by atoms with E-state index in [0.29, 0.717) is 32.4 Å². The number of benzene rings is 2. The van der Waals surface area contributed by atoms with Crippen molar-refractivity contribution in [1.29, 1.82) is 0 Å². The lowest BCUT2D eigenvalue weighted by atomic mass is 9.98. The van der Waals surface area contributed by atoms with Crippen LogP contribution in [0, 0.1) is 20.8 Å². The first-order chi connectivity index (χ1) is 16.2. The van der Waals surface area contributed by atoms with E-state index in [0.717, 1.165) is 21.7 Å². The molecule has 0 saturated heterocycles. The molecule has 0 fully saturated rings. The highest BCUT2D eigenvalue weighted by molar-refractivity contribution is 7.15. The van der Waals surface area contributed by atoms with Crippen molar-refractivity contribution in [3.8, 4) is 5.75 Å². The van der Waals surface area contributed by atoms with Crippen LogP contribution < -0.4 is 15.1 Å². The molecule has 1 amide bonds. The highest BCUT2D eigenvalue weighted by Gasteiger charge is 2.45. The van der Waals surface area contributed by atoms with Crippen molar-refractivity contribution in [1.82, 2.24) is 4.98 Å². The number of halogens is 1. The van der Waals surface area contributed by atoms with Crippen molar-refractivity contribution in [3.05, 3.63) is 84.7 Å². The predicted molar refractivity (Wildman–Crippen MR) is 135 cm³/mol. The van der Waals surface area contributed by atoms with Crippen LogP contribution in [-0.4, -0.2) is 17.0 Å². The molecule has 174 valence electrons. The molecule has 1 atom stereocenters. The first-order valence-corrected chi connectivity index (χ1v) is 12.2. The van der Waals surface area contributed by atoms with E-state index in [9.17, 15) is 9.59 Å². The third-order valence-corrected chi connectivity index (χ3v) is 7.42. The Balaban J connectivity index is 1.75. The molecule has 2 aromatic carbocycles. The van der Waals surface area contributed by atoms with E-state index in [1.807, 2.05) is 58.9 Å². The Morgan fingerprint density at radius 1 is 1.12 bits per heavy atom. The summed E-state index contributed by atoms with van der Waals surface area (Å²) in [6, 6.07) is 10.1. The average Bonchev–Trinajstić information content (AvgIpc) is 3.26. The molecule has 0 bridgehead atoms. The van der Waals surface area contributed by atoms with E-state index in [2.05, 4.69) is 4.98 Å². The summed E-state index contributed by atoms with van der Waals surface area (Å²) in [4.78, 5) is 34.6. The van der Waals surface area contributed by atoms with E-state index in [-0.39, 0.29) is 23.2 Å². The second kappa shape index (κ2) is 8.25. The van der Waals surface area contributed by atoms with Gasteiger partial charge in [-0.2, -0.15) is 0 Å². The number of hydrogen-bond donors (Lipinski definition) is 0. The summed E-state index contributed by atoms with van der Waals surface area (Å²) < 4.78 is 11.8. The summed E-state index contributed by atoms with van der Waals surface area (Å²) in [6.45, 7) is 9.60. The second-order valence-corrected chi connectivity index (χ2v) is 10.3. The predicted octanol–water partition coefficient (Wildman–Crippen LogP) is 6.37. The molecule has 4 aromatic rings. The second-order valence-electron chi connectivity index (χ2n) is 8.72. The molecule has 1 aliphatic heterocycles. The molecule has 1 unspecified atom stereocenters. The number of aryl methyl sites for hydroxylation is 3. The van der Waals surface area contributed by atoms with Gasteiger partial charge in [-0.1, -0.05) is 23.7 Å². The van der Waals surface area contributed by atoms with Gasteiger partial charge in [-0.3, -0.25) is 14.5 Å². The summed E-state index contributed by atoms with van der Waals surface area (Å²) in [5, 5.41) is 1.34. The van der Waals surface area contributed by atoms with E-state index in [1.165, 1.54) is 11.3 Å². The Labute approximate surface area is 205 Å². The molecule has 3 heterocycles. The van der Waals surface area contributed by atoms with Gasteiger partial charge in [0.2, 0.25) is 5.76 Å². The van der Waals surface area contributed by atoms with Gasteiger partial charge in [-0.25, -0.2) is 4.98 Å². The first-order valence-electron chi connectivity index (χ1n) is 11.0. The molecule has 0 aliphatic carbocycles. The van der Waals surface area contributed by atoms with Crippen molar-refractivity contribution in [2.75, 3.05) is 4.90 Å². The van der Waals surface area contributed by atoms with Crippen LogP contribution in [0.25, 0.3) is 11.0 Å². The normalized spacial score (nSPS) is 15.4. The van der Waals surface area contributed by atoms with Gasteiger partial charge in [0.25, 0.3) is 5.91 Å². The third-order valence-electron chi connectivity index (χ3n) is 5.94. The van der Waals surface area contributed by atoms with Crippen molar-refractivity contribution in [2.24, 2.45) is 0 Å². The fourth-order valence-corrected chi connectivity index (χ4v) is 5.27. The van der Waals surface area contributed by atoms with Crippen LogP contribution in [0.4, 0.5) is 5.13 Å². The Kier molecular flexibility index (Phi) is 5.49. The van der Waals surface area contributed by atoms with E-state index >= 15 is 0 Å². The third kappa shape index (κ3) is 3.60. The minimum Gasteiger partial charge on any atom is -0.491 e. The molecule has 0 saturated carbocycles. The van der Waals surface area contributed by atoms with E-state index in [4.69, 9.17) is 20.8 Å². The molecule has 2 aromatic heterocycles. The number of amides is 1. The van der Waals surface area contributed by atoms with Crippen molar-refractivity contribution in [3.63, 3.8) is 0 Å². The summed E-state index contributed by atoms with van der Waals surface area (Å²) in [5.74, 6) is 0.365. The minimum atomic E-state index is -0.679. The molecule has 0 spiro atoms. The summed E-state index contributed by atoms with van der Waals surface area (Å²) in [6.07, 6.45) is 0.0315. The molecule has 34 heavy (non-hydrogen) atoms. The lowest BCUT2D eigenvalue weighted by Gasteiger charge is -2.23. The smallest absolute Gasteiger partial charge is 0.297 e. The van der Waals surface area contributed by atoms with Gasteiger partial charge in [0.1, 0.15) is 11.3 Å². The van der Waals surface area contributed by atoms with E-state index < -0.39 is 6.04 Å². The molecule has 5 rings (SSSR count). The highest BCUT2D eigenvalue weighted by atomic mass is 35.5. The van der Waals surface area contributed by atoms with Gasteiger partial charge in [0.15, 0.2) is 10.6 Å². The van der Waals surface area contributed by atoms with Crippen LogP contribution in [0.3, 0.4) is 0 Å². The van der Waals surface area contributed by atoms with Gasteiger partial charge in [0.05, 0.1) is 28.8 Å². The average molecular weight is 495 g/mol. The zero-order chi connectivity index (χ0) is 24.3. The first kappa shape index (κ1) is 22.6. The lowest BCUT2D eigenvalue weighted by molar-refractivity contribution is 0.0971. The largest absolute Gasteiger partial charge is 0.491 e. The summed E-state index contributed by atoms with van der Waals surface area (Å²) in [5.41, 5.74) is 2.73. The number of aromatic nitrogens is 1. The summed E-state index contributed by atoms with van der Waals surface area (Å²) in [7, 11) is 0. The van der Waals surface area contributed by atoms with Crippen LogP contribution in [0.1, 0.15) is 57.7 Å². The number of carbonyl (C=O) groups is 1. The van der Waals surface area contributed by atoms with Gasteiger partial charge in [-0.05, 0) is 70.0 Å². The fraction of sp³-hybridized carbons (Fsp3) is 0.269. The van der Waals surface area contributed by atoms with E-state index in [1.54, 1.807) is 17.0 Å². The molecule has 1 aliphatic rings. The van der Waals surface area contributed by atoms with Crippen LogP contribution in [0.5, 0.6) is 5.75 Å². The Hall–Kier alpha value is -3.16. The quantitative estimate of drug-likeness (QED) is 0.330. The Morgan fingerprint density at radius 3 is 2.44 bits per heavy atom. The highest BCUT2D eigenvalue weighted by Crippen LogP contribution is 2.43. The van der Waals surface area contributed by atoms with Crippen LogP contribution in [-0.2, 0) is 0 Å². The Bertz CT molecular complexity index is 1480. The van der Waals surface area contributed by atoms with Crippen molar-refractivity contribution in [2.45, 2.75) is 46.8 Å². The zero-order valence-electron chi connectivity index (χ0n) is 19.4. The number of rotatable bonds is 4. The van der Waals surface area contributed by atoms with Crippen molar-refractivity contribution >= 4 is 44.9 Å². The number of carbonyl (C=O) groups excluding carboxylic acids is 1. The van der Waals surface area contributed by atoms with Crippen LogP contribution in [0.2, 0.25) is 5.02 Å². The monoisotopic (exact) mass is 494 g/mol. The Morgan fingerprint density at radius 2 is 1.82 bits per heavy atom. The number of fused-ring (bicyclic) bond motifs is 2. The van der Waals surface area contributed by atoms with Gasteiger partial charge in [-0.15, -0.1) is 11.3 Å². The molecular weight excluding hydrogens is 472 g/mol. The van der Waals surface area contributed by atoms with Crippen LogP contribution in [0.15, 0.2) is 45.6 Å². The lowest BCUT2D eigenvalue weighted by Crippen LogP contribution is -2.29. The molecule has 0 N–H and O–H groups in total. The minimum absolute atomic E-state index is 0.0315. The maximum Gasteiger partial charge on any atom is 0.297 e. The topological polar surface area (TPSA) is 72.6 Å². The van der Waals surface area contributed by atoms with Gasteiger partial charge in [0, 0.05) is 9.90 Å².